The first kappa shape index (κ1) is 20.0. The van der Waals surface area contributed by atoms with Crippen LogP contribution >= 0.6 is 0 Å². The van der Waals surface area contributed by atoms with Crippen molar-refractivity contribution < 1.29 is 9.59 Å². The van der Waals surface area contributed by atoms with Crippen LogP contribution in [0.25, 0.3) is 21.8 Å². The van der Waals surface area contributed by atoms with E-state index in [2.05, 4.69) is 20.6 Å². The highest BCUT2D eigenvalue weighted by molar-refractivity contribution is 6.21. The van der Waals surface area contributed by atoms with Crippen LogP contribution in [0.2, 0.25) is 0 Å². The van der Waals surface area contributed by atoms with Gasteiger partial charge in [-0.25, -0.2) is 0 Å². The molecule has 2 aliphatic heterocycles. The summed E-state index contributed by atoms with van der Waals surface area (Å²) in [4.78, 5) is 36.2. The molecule has 3 aliphatic rings. The number of benzene rings is 4. The van der Waals surface area contributed by atoms with Gasteiger partial charge in [0.25, 0.3) is 0 Å². The van der Waals surface area contributed by atoms with Crippen LogP contribution in [0.4, 0.5) is 11.4 Å². The zero-order valence-corrected chi connectivity index (χ0v) is 20.1. The fourth-order valence-electron chi connectivity index (χ4n) is 7.38. The van der Waals surface area contributed by atoms with Gasteiger partial charge in [0, 0.05) is 66.8 Å². The molecule has 0 saturated carbocycles. The van der Waals surface area contributed by atoms with Crippen molar-refractivity contribution in [3.8, 4) is 0 Å². The number of nitrogens with one attached hydrogen (secondary N) is 4. The number of carbonyl (C=O) groups is 2. The number of rotatable bonds is 0. The first-order valence-electron chi connectivity index (χ1n) is 12.7. The summed E-state index contributed by atoms with van der Waals surface area (Å²) in [5, 5.41) is 8.21. The lowest BCUT2D eigenvalue weighted by Crippen LogP contribution is -2.50. The molecule has 4 aromatic carbocycles. The van der Waals surface area contributed by atoms with Crippen molar-refractivity contribution in [2.75, 3.05) is 10.6 Å². The molecule has 6 nitrogen and oxygen atoms in total. The third-order valence-electron chi connectivity index (χ3n) is 8.75. The van der Waals surface area contributed by atoms with E-state index in [1.807, 2.05) is 97.1 Å². The van der Waals surface area contributed by atoms with Gasteiger partial charge in [-0.3, -0.25) is 9.59 Å². The molecule has 2 spiro atoms. The standard InChI is InChI=1S/C32H20N4O2/c37-29-31(19-11-3-7-15-23(19)35-29)25-17-9-1-5-13-21(17)33-27(25)32(20-12-4-8-16-24(20)36-30(32)38)28-26(31)18-10-2-6-14-22(18)34-28/h1-16,33-34H,(H,35,37)(H,36,38). The molecule has 0 bridgehead atoms. The van der Waals surface area contributed by atoms with Crippen LogP contribution in [0.3, 0.4) is 0 Å². The van der Waals surface area contributed by atoms with Gasteiger partial charge in [-0.1, -0.05) is 72.8 Å². The molecular weight excluding hydrogens is 472 g/mol. The van der Waals surface area contributed by atoms with Gasteiger partial charge < -0.3 is 20.6 Å². The van der Waals surface area contributed by atoms with Crippen molar-refractivity contribution in [2.24, 2.45) is 0 Å². The number of para-hydroxylation sites is 4. The van der Waals surface area contributed by atoms with E-state index < -0.39 is 10.8 Å². The van der Waals surface area contributed by atoms with Crippen LogP contribution in [0.15, 0.2) is 97.1 Å². The summed E-state index contributed by atoms with van der Waals surface area (Å²) in [5.74, 6) is -0.252. The molecule has 2 aromatic heterocycles. The Morgan fingerprint density at radius 2 is 0.895 bits per heavy atom. The molecule has 0 atom stereocenters. The fourth-order valence-corrected chi connectivity index (χ4v) is 7.38. The zero-order chi connectivity index (χ0) is 25.2. The van der Waals surface area contributed by atoms with Gasteiger partial charge in [0.15, 0.2) is 5.41 Å². The average Bonchev–Trinajstić information content (AvgIpc) is 3.66. The zero-order valence-electron chi connectivity index (χ0n) is 20.1. The molecule has 0 radical (unpaired) electrons. The Hall–Kier alpha value is -5.10. The minimum atomic E-state index is -1.18. The summed E-state index contributed by atoms with van der Waals surface area (Å²) < 4.78 is 0. The van der Waals surface area contributed by atoms with E-state index in [9.17, 15) is 9.59 Å². The quantitative estimate of drug-likeness (QED) is 0.224. The summed E-state index contributed by atoms with van der Waals surface area (Å²) in [7, 11) is 0. The predicted octanol–water partition coefficient (Wildman–Crippen LogP) is 5.54. The smallest absolute Gasteiger partial charge is 0.247 e. The second-order valence-electron chi connectivity index (χ2n) is 10.3. The predicted molar refractivity (Wildman–Crippen MR) is 147 cm³/mol. The molecule has 4 N–H and O–H groups in total. The van der Waals surface area contributed by atoms with Crippen LogP contribution in [-0.4, -0.2) is 21.8 Å². The number of hydrogen-bond donors (Lipinski definition) is 4. The molecule has 38 heavy (non-hydrogen) atoms. The van der Waals surface area contributed by atoms with E-state index in [0.29, 0.717) is 0 Å². The maximum atomic E-state index is 14.5. The summed E-state index contributed by atoms with van der Waals surface area (Å²) in [6.07, 6.45) is 0. The number of hydrogen-bond acceptors (Lipinski definition) is 2. The second kappa shape index (κ2) is 6.42. The topological polar surface area (TPSA) is 89.8 Å². The SMILES string of the molecule is O=C1Nc2ccccc2C12c1[nH]c3ccccc3c1C1(C(=O)Nc3ccccc31)c1c2[nH]c2ccccc12. The Bertz CT molecular complexity index is 1960. The van der Waals surface area contributed by atoms with E-state index >= 15 is 0 Å². The molecular formula is C32H20N4O2. The van der Waals surface area contributed by atoms with Crippen molar-refractivity contribution in [3.05, 3.63) is 131 Å². The molecule has 0 saturated heterocycles. The third kappa shape index (κ3) is 1.95. The van der Waals surface area contributed by atoms with Crippen molar-refractivity contribution in [2.45, 2.75) is 10.8 Å². The van der Waals surface area contributed by atoms with Gasteiger partial charge in [-0.2, -0.15) is 0 Å². The molecule has 6 aromatic rings. The minimum Gasteiger partial charge on any atom is -0.357 e. The summed E-state index contributed by atoms with van der Waals surface area (Å²) in [6, 6.07) is 31.8. The summed E-state index contributed by atoms with van der Waals surface area (Å²) in [6.45, 7) is 0. The highest BCUT2D eigenvalue weighted by Crippen LogP contribution is 2.63. The minimum absolute atomic E-state index is 0.114. The highest BCUT2D eigenvalue weighted by atomic mass is 16.2. The number of carbonyl (C=O) groups excluding carboxylic acids is 2. The number of anilines is 2. The molecule has 4 heterocycles. The van der Waals surface area contributed by atoms with Crippen LogP contribution in [0, 0.1) is 0 Å². The highest BCUT2D eigenvalue weighted by Gasteiger charge is 2.65. The molecule has 0 fully saturated rings. The van der Waals surface area contributed by atoms with E-state index in [-0.39, 0.29) is 11.8 Å². The lowest BCUT2D eigenvalue weighted by molar-refractivity contribution is -0.120. The Labute approximate surface area is 216 Å². The van der Waals surface area contributed by atoms with Crippen LogP contribution < -0.4 is 10.6 Å². The Kier molecular flexibility index (Phi) is 3.38. The molecule has 0 unspecified atom stereocenters. The number of amides is 2. The summed E-state index contributed by atoms with van der Waals surface area (Å²) >= 11 is 0. The van der Waals surface area contributed by atoms with E-state index in [0.717, 1.165) is 66.8 Å². The van der Waals surface area contributed by atoms with E-state index in [1.165, 1.54) is 0 Å². The van der Waals surface area contributed by atoms with Gasteiger partial charge in [0.05, 0.1) is 0 Å². The van der Waals surface area contributed by atoms with Crippen molar-refractivity contribution in [1.29, 1.82) is 0 Å². The lowest BCUT2D eigenvalue weighted by atomic mass is 9.57. The van der Waals surface area contributed by atoms with Crippen LogP contribution in [0.1, 0.15) is 33.6 Å². The normalized spacial score (nSPS) is 22.4. The third-order valence-corrected chi connectivity index (χ3v) is 8.75. The van der Waals surface area contributed by atoms with Crippen molar-refractivity contribution in [1.82, 2.24) is 9.97 Å². The number of aromatic amines is 2. The van der Waals surface area contributed by atoms with Crippen molar-refractivity contribution in [3.63, 3.8) is 0 Å². The van der Waals surface area contributed by atoms with E-state index in [1.54, 1.807) is 0 Å². The van der Waals surface area contributed by atoms with Crippen molar-refractivity contribution >= 4 is 45.0 Å². The van der Waals surface area contributed by atoms with E-state index in [4.69, 9.17) is 0 Å². The van der Waals surface area contributed by atoms with Crippen LogP contribution in [0.5, 0.6) is 0 Å². The summed E-state index contributed by atoms with van der Waals surface area (Å²) in [5.41, 5.74) is 5.90. The first-order valence-corrected chi connectivity index (χ1v) is 12.7. The molecule has 180 valence electrons. The first-order chi connectivity index (χ1) is 18.7. The van der Waals surface area contributed by atoms with Gasteiger partial charge in [0.1, 0.15) is 5.41 Å². The molecule has 2 amide bonds. The average molecular weight is 493 g/mol. The van der Waals surface area contributed by atoms with Gasteiger partial charge in [0.2, 0.25) is 11.8 Å². The van der Waals surface area contributed by atoms with Gasteiger partial charge >= 0.3 is 0 Å². The monoisotopic (exact) mass is 492 g/mol. The Morgan fingerprint density at radius 3 is 1.45 bits per heavy atom. The number of H-pyrrole nitrogens is 2. The lowest BCUT2D eigenvalue weighted by Gasteiger charge is -2.41. The fraction of sp³-hybridized carbons (Fsp3) is 0.0625. The van der Waals surface area contributed by atoms with Gasteiger partial charge in [-0.15, -0.1) is 0 Å². The molecule has 6 heteroatoms. The maximum Gasteiger partial charge on any atom is 0.247 e. The Balaban J connectivity index is 1.59. The number of aromatic nitrogens is 2. The molecule has 1 aliphatic carbocycles. The Morgan fingerprint density at radius 1 is 0.474 bits per heavy atom. The number of fused-ring (bicyclic) bond motifs is 14. The molecule has 9 rings (SSSR count). The van der Waals surface area contributed by atoms with Gasteiger partial charge in [-0.05, 0) is 24.3 Å². The largest absolute Gasteiger partial charge is 0.357 e. The maximum absolute atomic E-state index is 14.5. The second-order valence-corrected chi connectivity index (χ2v) is 10.3. The van der Waals surface area contributed by atoms with Crippen LogP contribution in [-0.2, 0) is 20.4 Å².